The fourth-order valence-electron chi connectivity index (χ4n) is 2.12. The van der Waals surface area contributed by atoms with E-state index < -0.39 is 15.9 Å². The van der Waals surface area contributed by atoms with E-state index >= 15 is 0 Å². The van der Waals surface area contributed by atoms with Crippen molar-refractivity contribution in [3.05, 3.63) is 46.2 Å². The summed E-state index contributed by atoms with van der Waals surface area (Å²) >= 11 is 1.51. The Hall–Kier alpha value is -2.32. The highest BCUT2D eigenvalue weighted by molar-refractivity contribution is 7.90. The van der Waals surface area contributed by atoms with Gasteiger partial charge in [-0.15, -0.1) is 11.3 Å². The topological polar surface area (TPSA) is 81.7 Å². The minimum Gasteiger partial charge on any atom is -0.486 e. The van der Waals surface area contributed by atoms with Crippen LogP contribution in [-0.2, 0) is 14.8 Å². The van der Waals surface area contributed by atoms with Crippen LogP contribution < -0.4 is 14.2 Å². The first-order valence-corrected chi connectivity index (χ1v) is 9.45. The van der Waals surface area contributed by atoms with Crippen LogP contribution in [0.25, 0.3) is 6.08 Å². The molecule has 0 radical (unpaired) electrons. The van der Waals surface area contributed by atoms with Crippen LogP contribution in [0, 0.1) is 6.92 Å². The molecule has 126 valence electrons. The number of aryl methyl sites for hydroxylation is 1. The average molecular weight is 365 g/mol. The molecule has 1 aliphatic rings. The minimum absolute atomic E-state index is 0.0551. The molecule has 0 saturated heterocycles. The lowest BCUT2D eigenvalue weighted by Gasteiger charge is -2.18. The number of hydrogen-bond acceptors (Lipinski definition) is 6. The van der Waals surface area contributed by atoms with Crippen LogP contribution in [0.4, 0.5) is 0 Å². The summed E-state index contributed by atoms with van der Waals surface area (Å²) in [5.74, 6) is 0.122. The second-order valence-electron chi connectivity index (χ2n) is 5.06. The largest absolute Gasteiger partial charge is 0.486 e. The smallest absolute Gasteiger partial charge is 0.264 e. The average Bonchev–Trinajstić information content (AvgIpc) is 2.97. The molecular weight excluding hydrogens is 350 g/mol. The van der Waals surface area contributed by atoms with E-state index in [1.54, 1.807) is 6.08 Å². The van der Waals surface area contributed by atoms with Crippen LogP contribution in [0.5, 0.6) is 11.5 Å². The SMILES string of the molecule is Cc1ccc(/C=C/C(=O)NS(=O)(=O)c2ccc3c(c2)OCCO3)s1. The van der Waals surface area contributed by atoms with E-state index in [-0.39, 0.29) is 4.90 Å². The first-order valence-electron chi connectivity index (χ1n) is 7.15. The summed E-state index contributed by atoms with van der Waals surface area (Å²) in [7, 11) is -3.98. The molecule has 0 bridgehead atoms. The van der Waals surface area contributed by atoms with Gasteiger partial charge >= 0.3 is 0 Å². The number of fused-ring (bicyclic) bond motifs is 1. The number of benzene rings is 1. The van der Waals surface area contributed by atoms with Gasteiger partial charge in [-0.3, -0.25) is 4.79 Å². The first-order chi connectivity index (χ1) is 11.4. The summed E-state index contributed by atoms with van der Waals surface area (Å²) in [6, 6.07) is 8.01. The van der Waals surface area contributed by atoms with Crippen LogP contribution >= 0.6 is 11.3 Å². The van der Waals surface area contributed by atoms with E-state index in [0.717, 1.165) is 9.75 Å². The third-order valence-corrected chi connectivity index (χ3v) is 5.53. The highest BCUT2D eigenvalue weighted by atomic mass is 32.2. The Morgan fingerprint density at radius 2 is 1.92 bits per heavy atom. The summed E-state index contributed by atoms with van der Waals surface area (Å²) in [5.41, 5.74) is 0. The second-order valence-corrected chi connectivity index (χ2v) is 8.06. The third kappa shape index (κ3) is 3.77. The van der Waals surface area contributed by atoms with Gasteiger partial charge in [0.1, 0.15) is 13.2 Å². The molecule has 3 rings (SSSR count). The summed E-state index contributed by atoms with van der Waals surface area (Å²) in [6.07, 6.45) is 2.77. The molecule has 1 N–H and O–H groups in total. The van der Waals surface area contributed by atoms with Crippen LogP contribution in [0.1, 0.15) is 9.75 Å². The van der Waals surface area contributed by atoms with Gasteiger partial charge in [0.25, 0.3) is 15.9 Å². The van der Waals surface area contributed by atoms with Crippen molar-refractivity contribution in [1.29, 1.82) is 0 Å². The molecule has 8 heteroatoms. The number of rotatable bonds is 4. The molecule has 2 heterocycles. The Bertz CT molecular complexity index is 899. The maximum Gasteiger partial charge on any atom is 0.264 e. The Balaban J connectivity index is 1.73. The van der Waals surface area contributed by atoms with Crippen molar-refractivity contribution in [2.24, 2.45) is 0 Å². The van der Waals surface area contributed by atoms with Gasteiger partial charge in [0, 0.05) is 21.9 Å². The van der Waals surface area contributed by atoms with Crippen molar-refractivity contribution in [3.8, 4) is 11.5 Å². The molecule has 24 heavy (non-hydrogen) atoms. The number of ether oxygens (including phenoxy) is 2. The van der Waals surface area contributed by atoms with E-state index in [4.69, 9.17) is 9.47 Å². The zero-order chi connectivity index (χ0) is 17.2. The van der Waals surface area contributed by atoms with Crippen LogP contribution in [0.2, 0.25) is 0 Å². The van der Waals surface area contributed by atoms with Crippen LogP contribution in [0.3, 0.4) is 0 Å². The number of carbonyl (C=O) groups is 1. The lowest BCUT2D eigenvalue weighted by Crippen LogP contribution is -2.29. The maximum absolute atomic E-state index is 12.3. The van der Waals surface area contributed by atoms with Crippen molar-refractivity contribution >= 4 is 33.3 Å². The quantitative estimate of drug-likeness (QED) is 0.841. The highest BCUT2D eigenvalue weighted by Crippen LogP contribution is 2.32. The van der Waals surface area contributed by atoms with Crippen molar-refractivity contribution in [3.63, 3.8) is 0 Å². The summed E-state index contributed by atoms with van der Waals surface area (Å²) in [5, 5.41) is 0. The van der Waals surface area contributed by atoms with E-state index in [1.165, 1.54) is 35.6 Å². The number of sulfonamides is 1. The van der Waals surface area contributed by atoms with Crippen molar-refractivity contribution < 1.29 is 22.7 Å². The second kappa shape index (κ2) is 6.66. The van der Waals surface area contributed by atoms with Crippen molar-refractivity contribution in [2.45, 2.75) is 11.8 Å². The monoisotopic (exact) mass is 365 g/mol. The van der Waals surface area contributed by atoms with E-state index in [1.807, 2.05) is 23.8 Å². The van der Waals surface area contributed by atoms with Gasteiger partial charge in [-0.25, -0.2) is 13.1 Å². The Morgan fingerprint density at radius 1 is 1.17 bits per heavy atom. The van der Waals surface area contributed by atoms with Gasteiger partial charge in [0.2, 0.25) is 0 Å². The molecule has 6 nitrogen and oxygen atoms in total. The summed E-state index contributed by atoms with van der Waals surface area (Å²) in [4.78, 5) is 13.8. The minimum atomic E-state index is -3.98. The number of thiophene rings is 1. The predicted octanol–water partition coefficient (Wildman–Crippen LogP) is 2.35. The summed E-state index contributed by atoms with van der Waals surface area (Å²) in [6.45, 7) is 2.73. The maximum atomic E-state index is 12.3. The first kappa shape index (κ1) is 16.5. The Labute approximate surface area is 143 Å². The highest BCUT2D eigenvalue weighted by Gasteiger charge is 2.20. The van der Waals surface area contributed by atoms with E-state index in [9.17, 15) is 13.2 Å². The molecule has 0 aliphatic carbocycles. The Kier molecular flexibility index (Phi) is 4.59. The lowest BCUT2D eigenvalue weighted by atomic mass is 10.3. The van der Waals surface area contributed by atoms with Gasteiger partial charge in [-0.1, -0.05) is 0 Å². The number of nitrogens with one attached hydrogen (secondary N) is 1. The summed E-state index contributed by atoms with van der Waals surface area (Å²) < 4.78 is 37.3. The molecule has 0 saturated carbocycles. The van der Waals surface area contributed by atoms with E-state index in [0.29, 0.717) is 24.7 Å². The van der Waals surface area contributed by atoms with Crippen LogP contribution in [-0.4, -0.2) is 27.5 Å². The standard InChI is InChI=1S/C16H15NO5S2/c1-11-2-3-12(23-11)4-7-16(18)17-24(19,20)13-5-6-14-15(10-13)22-9-8-21-14/h2-7,10H,8-9H2,1H3,(H,17,18)/b7-4+. The molecule has 1 aliphatic heterocycles. The number of amides is 1. The molecule has 1 aromatic heterocycles. The van der Waals surface area contributed by atoms with Crippen LogP contribution in [0.15, 0.2) is 41.3 Å². The third-order valence-electron chi connectivity index (χ3n) is 3.22. The molecule has 2 aromatic rings. The van der Waals surface area contributed by atoms with Crippen molar-refractivity contribution in [1.82, 2.24) is 4.72 Å². The van der Waals surface area contributed by atoms with Gasteiger partial charge < -0.3 is 9.47 Å². The van der Waals surface area contributed by atoms with E-state index in [2.05, 4.69) is 0 Å². The molecular formula is C16H15NO5S2. The lowest BCUT2D eigenvalue weighted by molar-refractivity contribution is -0.114. The van der Waals surface area contributed by atoms with Gasteiger partial charge in [0.05, 0.1) is 4.90 Å². The molecule has 0 spiro atoms. The Morgan fingerprint density at radius 3 is 2.62 bits per heavy atom. The zero-order valence-electron chi connectivity index (χ0n) is 12.8. The number of hydrogen-bond donors (Lipinski definition) is 1. The normalized spacial score (nSPS) is 13.9. The molecule has 0 fully saturated rings. The molecule has 0 unspecified atom stereocenters. The molecule has 0 atom stereocenters. The van der Waals surface area contributed by atoms with Gasteiger partial charge in [-0.05, 0) is 37.3 Å². The van der Waals surface area contributed by atoms with Crippen molar-refractivity contribution in [2.75, 3.05) is 13.2 Å². The molecule has 1 aromatic carbocycles. The van der Waals surface area contributed by atoms with Gasteiger partial charge in [-0.2, -0.15) is 0 Å². The predicted molar refractivity (Wildman–Crippen MR) is 90.9 cm³/mol. The number of carbonyl (C=O) groups excluding carboxylic acids is 1. The van der Waals surface area contributed by atoms with Gasteiger partial charge in [0.15, 0.2) is 11.5 Å². The fourth-order valence-corrected chi connectivity index (χ4v) is 3.86. The zero-order valence-corrected chi connectivity index (χ0v) is 14.4. The molecule has 1 amide bonds. The fraction of sp³-hybridized carbons (Fsp3) is 0.188.